The number of aryl methyl sites for hydroxylation is 1. The van der Waals surface area contributed by atoms with Gasteiger partial charge in [-0.1, -0.05) is 44.2 Å². The Balaban J connectivity index is 1.75. The van der Waals surface area contributed by atoms with Gasteiger partial charge in [-0.2, -0.15) is 9.78 Å². The third-order valence-electron chi connectivity index (χ3n) is 7.37. The molecule has 210 valence electrons. The van der Waals surface area contributed by atoms with Crippen molar-refractivity contribution in [3.63, 3.8) is 0 Å². The lowest BCUT2D eigenvalue weighted by atomic mass is 9.96. The Labute approximate surface area is 238 Å². The highest BCUT2D eigenvalue weighted by Crippen LogP contribution is 2.34. The van der Waals surface area contributed by atoms with E-state index in [4.69, 9.17) is 19.6 Å². The lowest BCUT2D eigenvalue weighted by Gasteiger charge is -2.18. The van der Waals surface area contributed by atoms with E-state index >= 15 is 0 Å². The van der Waals surface area contributed by atoms with Crippen molar-refractivity contribution in [2.24, 2.45) is 5.10 Å². The maximum Gasteiger partial charge on any atom is 0.325 e. The van der Waals surface area contributed by atoms with Crippen LogP contribution in [0.15, 0.2) is 70.6 Å². The average Bonchev–Trinajstić information content (AvgIpc) is 3.22. The van der Waals surface area contributed by atoms with Crippen LogP contribution in [0.25, 0.3) is 33.2 Å². The van der Waals surface area contributed by atoms with Gasteiger partial charge in [-0.25, -0.2) is 4.98 Å². The molecule has 2 heterocycles. The number of ether oxygens (including phenoxy) is 2. The molecule has 0 bridgehead atoms. The van der Waals surface area contributed by atoms with Crippen LogP contribution in [0.5, 0.6) is 5.75 Å². The molecule has 0 radical (unpaired) electrons. The molecule has 0 saturated carbocycles. The molecule has 3 aromatic carbocycles. The predicted octanol–water partition coefficient (Wildman–Crippen LogP) is 6.21. The second-order valence-corrected chi connectivity index (χ2v) is 10.3. The van der Waals surface area contributed by atoms with E-state index in [0.717, 1.165) is 44.6 Å². The number of rotatable bonds is 8. The summed E-state index contributed by atoms with van der Waals surface area (Å²) in [4.78, 5) is 31.0. The first-order valence-electron chi connectivity index (χ1n) is 13.7. The fourth-order valence-corrected chi connectivity index (χ4v) is 5.21. The van der Waals surface area contributed by atoms with Crippen LogP contribution < -0.4 is 10.3 Å². The Morgan fingerprint density at radius 3 is 2.46 bits per heavy atom. The highest BCUT2D eigenvalue weighted by atomic mass is 16.5. The monoisotopic (exact) mass is 550 g/mol. The number of esters is 1. The van der Waals surface area contributed by atoms with E-state index in [1.54, 1.807) is 12.3 Å². The van der Waals surface area contributed by atoms with Gasteiger partial charge in [-0.15, -0.1) is 0 Å². The number of para-hydroxylation sites is 2. The van der Waals surface area contributed by atoms with Crippen molar-refractivity contribution >= 4 is 34.0 Å². The number of aromatic nitrogens is 3. The minimum Gasteiger partial charge on any atom is -0.494 e. The highest BCUT2D eigenvalue weighted by molar-refractivity contribution is 6.01. The first-order chi connectivity index (χ1) is 19.7. The molecule has 0 N–H and O–H groups in total. The van der Waals surface area contributed by atoms with Crippen molar-refractivity contribution in [2.75, 3.05) is 13.7 Å². The first-order valence-corrected chi connectivity index (χ1v) is 13.7. The Bertz CT molecular complexity index is 1860. The highest BCUT2D eigenvalue weighted by Gasteiger charge is 2.20. The molecule has 0 unspecified atom stereocenters. The SMILES string of the molecule is CCOc1cc(C)c(-c2nc3ccccc3c(=O)n2N=Cc2c(C)n(CC(=O)OC)c3ccccc23)cc1C(C)C. The molecule has 0 aliphatic heterocycles. The van der Waals surface area contributed by atoms with E-state index in [2.05, 4.69) is 19.9 Å². The van der Waals surface area contributed by atoms with Crippen LogP contribution in [0.4, 0.5) is 0 Å². The molecule has 0 spiro atoms. The first kappa shape index (κ1) is 27.8. The van der Waals surface area contributed by atoms with Crippen LogP contribution in [0.3, 0.4) is 0 Å². The summed E-state index contributed by atoms with van der Waals surface area (Å²) >= 11 is 0. The van der Waals surface area contributed by atoms with Gasteiger partial charge in [-0.3, -0.25) is 9.59 Å². The maximum absolute atomic E-state index is 13.9. The number of carbonyl (C=O) groups excluding carboxylic acids is 1. The number of methoxy groups -OCH3 is 1. The van der Waals surface area contributed by atoms with Crippen molar-refractivity contribution in [1.29, 1.82) is 0 Å². The van der Waals surface area contributed by atoms with Crippen molar-refractivity contribution in [1.82, 2.24) is 14.2 Å². The summed E-state index contributed by atoms with van der Waals surface area (Å²) in [6.07, 6.45) is 1.68. The lowest BCUT2D eigenvalue weighted by Crippen LogP contribution is -2.21. The second kappa shape index (κ2) is 11.4. The molecule has 0 saturated heterocycles. The van der Waals surface area contributed by atoms with Crippen LogP contribution in [0.1, 0.15) is 49.1 Å². The molecule has 0 aliphatic rings. The summed E-state index contributed by atoms with van der Waals surface area (Å²) in [5, 5.41) is 6.15. The van der Waals surface area contributed by atoms with E-state index in [1.165, 1.54) is 11.8 Å². The van der Waals surface area contributed by atoms with Gasteiger partial charge >= 0.3 is 5.97 Å². The summed E-state index contributed by atoms with van der Waals surface area (Å²) in [5.41, 5.74) is 5.63. The van der Waals surface area contributed by atoms with Gasteiger partial charge in [0.25, 0.3) is 5.56 Å². The van der Waals surface area contributed by atoms with Gasteiger partial charge in [0.1, 0.15) is 12.3 Å². The van der Waals surface area contributed by atoms with E-state index in [9.17, 15) is 9.59 Å². The van der Waals surface area contributed by atoms with Gasteiger partial charge in [-0.05, 0) is 68.1 Å². The summed E-state index contributed by atoms with van der Waals surface area (Å²) in [5.74, 6) is 1.13. The van der Waals surface area contributed by atoms with Crippen molar-refractivity contribution in [3.05, 3.63) is 93.4 Å². The quantitative estimate of drug-likeness (QED) is 0.169. The van der Waals surface area contributed by atoms with Gasteiger partial charge in [0.15, 0.2) is 5.82 Å². The lowest BCUT2D eigenvalue weighted by molar-refractivity contribution is -0.141. The zero-order valence-electron chi connectivity index (χ0n) is 24.3. The third-order valence-corrected chi connectivity index (χ3v) is 7.37. The second-order valence-electron chi connectivity index (χ2n) is 10.3. The molecule has 8 heteroatoms. The van der Waals surface area contributed by atoms with Crippen LogP contribution in [-0.4, -0.2) is 40.1 Å². The van der Waals surface area contributed by atoms with Gasteiger partial charge in [0.2, 0.25) is 0 Å². The van der Waals surface area contributed by atoms with E-state index in [1.807, 2.05) is 73.9 Å². The topological polar surface area (TPSA) is 87.7 Å². The Kier molecular flexibility index (Phi) is 7.75. The number of nitrogens with zero attached hydrogens (tertiary/aromatic N) is 4. The Hall–Kier alpha value is -4.72. The van der Waals surface area contributed by atoms with Crippen LogP contribution in [0, 0.1) is 13.8 Å². The maximum atomic E-state index is 13.9. The molecule has 5 rings (SSSR count). The number of benzene rings is 3. The third kappa shape index (κ3) is 5.13. The molecular weight excluding hydrogens is 516 g/mol. The normalized spacial score (nSPS) is 11.7. The zero-order chi connectivity index (χ0) is 29.3. The predicted molar refractivity (Wildman–Crippen MR) is 163 cm³/mol. The van der Waals surface area contributed by atoms with E-state index in [0.29, 0.717) is 23.3 Å². The number of carbonyl (C=O) groups is 1. The smallest absolute Gasteiger partial charge is 0.325 e. The number of fused-ring (bicyclic) bond motifs is 2. The van der Waals surface area contributed by atoms with Crippen LogP contribution in [-0.2, 0) is 16.1 Å². The molecule has 8 nitrogen and oxygen atoms in total. The minimum atomic E-state index is -0.346. The summed E-state index contributed by atoms with van der Waals surface area (Å²) < 4.78 is 14.1. The average molecular weight is 551 g/mol. The number of hydrogen-bond donors (Lipinski definition) is 0. The van der Waals surface area contributed by atoms with E-state index < -0.39 is 0 Å². The van der Waals surface area contributed by atoms with Crippen LogP contribution >= 0.6 is 0 Å². The Morgan fingerprint density at radius 1 is 1.05 bits per heavy atom. The fraction of sp³-hybridized carbons (Fsp3) is 0.273. The molecule has 0 amide bonds. The van der Waals surface area contributed by atoms with E-state index in [-0.39, 0.29) is 24.0 Å². The summed E-state index contributed by atoms with van der Waals surface area (Å²) in [6, 6.07) is 19.2. The minimum absolute atomic E-state index is 0.0722. The van der Waals surface area contributed by atoms with Crippen LogP contribution in [0.2, 0.25) is 0 Å². The van der Waals surface area contributed by atoms with Gasteiger partial charge < -0.3 is 14.0 Å². The molecule has 41 heavy (non-hydrogen) atoms. The fourth-order valence-electron chi connectivity index (χ4n) is 5.21. The number of hydrogen-bond acceptors (Lipinski definition) is 6. The molecule has 0 atom stereocenters. The molecular formula is C33H34N4O4. The standard InChI is InChI=1S/C33H34N4O4/c1-7-41-30-16-21(4)26(17-25(30)20(2)3)32-35-28-14-10-8-13-24(28)33(39)37(32)34-18-27-22(5)36(19-31(38)40-6)29-15-11-9-12-23(27)29/h8-18,20H,7,19H2,1-6H3. The van der Waals surface area contributed by atoms with Gasteiger partial charge in [0.05, 0.1) is 30.8 Å². The summed E-state index contributed by atoms with van der Waals surface area (Å²) in [6.45, 7) is 10.7. The van der Waals surface area contributed by atoms with Crippen molar-refractivity contribution in [3.8, 4) is 17.1 Å². The van der Waals surface area contributed by atoms with Crippen molar-refractivity contribution < 1.29 is 14.3 Å². The molecule has 2 aromatic heterocycles. The molecule has 5 aromatic rings. The largest absolute Gasteiger partial charge is 0.494 e. The zero-order valence-corrected chi connectivity index (χ0v) is 24.3. The molecule has 0 fully saturated rings. The Morgan fingerprint density at radius 2 is 1.76 bits per heavy atom. The summed E-state index contributed by atoms with van der Waals surface area (Å²) in [7, 11) is 1.37. The molecule has 0 aliphatic carbocycles. The van der Waals surface area contributed by atoms with Crippen molar-refractivity contribution in [2.45, 2.75) is 47.1 Å². The van der Waals surface area contributed by atoms with Gasteiger partial charge in [0, 0.05) is 27.7 Å².